The fourth-order valence-corrected chi connectivity index (χ4v) is 5.90. The quantitative estimate of drug-likeness (QED) is 0.400. The summed E-state index contributed by atoms with van der Waals surface area (Å²) in [5.41, 5.74) is 2.91. The number of piperazine rings is 1. The molecule has 2 unspecified atom stereocenters. The van der Waals surface area contributed by atoms with Crippen molar-refractivity contribution in [2.45, 2.75) is 32.4 Å². The maximum absolute atomic E-state index is 13.7. The Morgan fingerprint density at radius 1 is 1.00 bits per heavy atom. The van der Waals surface area contributed by atoms with Crippen LogP contribution in [0.2, 0.25) is 0 Å². The molecule has 0 N–H and O–H groups in total. The molecule has 2 aromatic heterocycles. The molecular weight excluding hydrogens is 442 g/mol. The Labute approximate surface area is 204 Å². The largest absolute Gasteiger partial charge is 0.336 e. The highest BCUT2D eigenvalue weighted by molar-refractivity contribution is 7.16. The maximum atomic E-state index is 13.7. The number of carbonyl (C=O) groups excluding carboxylic acids is 2. The molecule has 0 radical (unpaired) electrons. The lowest BCUT2D eigenvalue weighted by Crippen LogP contribution is -2.56. The fourth-order valence-electron chi connectivity index (χ4n) is 4.92. The molecule has 0 bridgehead atoms. The Balaban J connectivity index is 1.35. The summed E-state index contributed by atoms with van der Waals surface area (Å²) in [5.74, 6) is 0.153. The summed E-state index contributed by atoms with van der Waals surface area (Å²) >= 11 is 1.67. The monoisotopic (exact) mass is 471 g/mol. The van der Waals surface area contributed by atoms with E-state index in [0.29, 0.717) is 26.1 Å². The summed E-state index contributed by atoms with van der Waals surface area (Å²) in [6.45, 7) is 5.82. The first kappa shape index (κ1) is 22.4. The standard InChI is InChI=1S/C28H29N3O2S/c1-20-19-29(14-15-30(20)26(32)17-22-9-5-3-6-10-22)27(33)25-18-24-13-16-34-28(24)31(25)21(2)23-11-7-4-8-12-23/h3-13,16,18,20-21H,14-15,17,19H2,1-2H3. The number of rotatable bonds is 5. The molecular formula is C28H29N3O2S. The molecule has 2 atom stereocenters. The molecule has 5 nitrogen and oxygen atoms in total. The Bertz CT molecular complexity index is 1300. The summed E-state index contributed by atoms with van der Waals surface area (Å²) < 4.78 is 2.18. The van der Waals surface area contributed by atoms with Gasteiger partial charge >= 0.3 is 0 Å². The fraction of sp³-hybridized carbons (Fsp3) is 0.286. The van der Waals surface area contributed by atoms with Crippen molar-refractivity contribution in [2.24, 2.45) is 0 Å². The number of benzene rings is 2. The smallest absolute Gasteiger partial charge is 0.270 e. The average Bonchev–Trinajstić information content (AvgIpc) is 3.45. The van der Waals surface area contributed by atoms with E-state index in [1.54, 1.807) is 11.3 Å². The van der Waals surface area contributed by atoms with Gasteiger partial charge in [0.25, 0.3) is 5.91 Å². The highest BCUT2D eigenvalue weighted by Crippen LogP contribution is 2.32. The van der Waals surface area contributed by atoms with Crippen LogP contribution >= 0.6 is 11.3 Å². The number of amides is 2. The molecule has 3 heterocycles. The van der Waals surface area contributed by atoms with E-state index in [1.165, 1.54) is 5.56 Å². The molecule has 4 aromatic rings. The zero-order chi connectivity index (χ0) is 23.7. The van der Waals surface area contributed by atoms with Gasteiger partial charge in [0.05, 0.1) is 12.5 Å². The number of hydrogen-bond acceptors (Lipinski definition) is 3. The van der Waals surface area contributed by atoms with Crippen molar-refractivity contribution >= 4 is 33.4 Å². The molecule has 6 heteroatoms. The minimum absolute atomic E-state index is 0.0232. The average molecular weight is 472 g/mol. The number of aromatic nitrogens is 1. The minimum Gasteiger partial charge on any atom is -0.336 e. The first-order chi connectivity index (χ1) is 16.5. The Kier molecular flexibility index (Phi) is 6.24. The Hall–Kier alpha value is -3.38. The van der Waals surface area contributed by atoms with Crippen LogP contribution in [0.25, 0.3) is 10.2 Å². The molecule has 1 saturated heterocycles. The molecule has 2 amide bonds. The molecule has 0 saturated carbocycles. The number of hydrogen-bond donors (Lipinski definition) is 0. The van der Waals surface area contributed by atoms with E-state index in [9.17, 15) is 9.59 Å². The number of carbonyl (C=O) groups is 2. The second-order valence-corrected chi connectivity index (χ2v) is 9.91. The highest BCUT2D eigenvalue weighted by Gasteiger charge is 2.32. The molecule has 174 valence electrons. The number of thiophene rings is 1. The Morgan fingerprint density at radius 3 is 2.41 bits per heavy atom. The van der Waals surface area contributed by atoms with Crippen LogP contribution in [0, 0.1) is 0 Å². The van der Waals surface area contributed by atoms with Crippen molar-refractivity contribution in [3.8, 4) is 0 Å². The van der Waals surface area contributed by atoms with Crippen LogP contribution in [0.15, 0.2) is 78.2 Å². The van der Waals surface area contributed by atoms with Gasteiger partial charge in [-0.25, -0.2) is 0 Å². The maximum Gasteiger partial charge on any atom is 0.270 e. The van der Waals surface area contributed by atoms with Gasteiger partial charge in [-0.2, -0.15) is 0 Å². The summed E-state index contributed by atoms with van der Waals surface area (Å²) in [4.78, 5) is 31.6. The van der Waals surface area contributed by atoms with Gasteiger partial charge in [0.1, 0.15) is 10.5 Å². The normalized spacial score (nSPS) is 17.2. The lowest BCUT2D eigenvalue weighted by atomic mass is 10.1. The second-order valence-electron chi connectivity index (χ2n) is 9.02. The third-order valence-corrected chi connectivity index (χ3v) is 7.69. The van der Waals surface area contributed by atoms with Crippen molar-refractivity contribution in [1.82, 2.24) is 14.4 Å². The van der Waals surface area contributed by atoms with Gasteiger partial charge in [-0.15, -0.1) is 11.3 Å². The molecule has 1 fully saturated rings. The van der Waals surface area contributed by atoms with Crippen molar-refractivity contribution < 1.29 is 9.59 Å². The van der Waals surface area contributed by atoms with Gasteiger partial charge < -0.3 is 14.4 Å². The topological polar surface area (TPSA) is 45.6 Å². The van der Waals surface area contributed by atoms with Crippen LogP contribution in [0.3, 0.4) is 0 Å². The molecule has 1 aliphatic heterocycles. The molecule has 34 heavy (non-hydrogen) atoms. The van der Waals surface area contributed by atoms with Crippen LogP contribution in [0.5, 0.6) is 0 Å². The van der Waals surface area contributed by atoms with Crippen molar-refractivity contribution in [3.63, 3.8) is 0 Å². The van der Waals surface area contributed by atoms with E-state index in [1.807, 2.05) is 71.3 Å². The van der Waals surface area contributed by atoms with E-state index >= 15 is 0 Å². The summed E-state index contributed by atoms with van der Waals surface area (Å²) in [6, 6.07) is 24.3. The predicted octanol–water partition coefficient (Wildman–Crippen LogP) is 5.23. The van der Waals surface area contributed by atoms with Gasteiger partial charge in [0.15, 0.2) is 0 Å². The SMILES string of the molecule is CC1CN(C(=O)c2cc3ccsc3n2C(C)c2ccccc2)CCN1C(=O)Cc1ccccc1. The highest BCUT2D eigenvalue weighted by atomic mass is 32.1. The third kappa shape index (κ3) is 4.26. The number of nitrogens with zero attached hydrogens (tertiary/aromatic N) is 3. The lowest BCUT2D eigenvalue weighted by Gasteiger charge is -2.40. The first-order valence-electron chi connectivity index (χ1n) is 11.8. The van der Waals surface area contributed by atoms with Crippen molar-refractivity contribution in [3.05, 3.63) is 95.0 Å². The van der Waals surface area contributed by atoms with Crippen LogP contribution in [0.4, 0.5) is 0 Å². The van der Waals surface area contributed by atoms with Crippen molar-refractivity contribution in [1.29, 1.82) is 0 Å². The zero-order valence-corrected chi connectivity index (χ0v) is 20.4. The van der Waals surface area contributed by atoms with Crippen molar-refractivity contribution in [2.75, 3.05) is 19.6 Å². The van der Waals surface area contributed by atoms with Gasteiger partial charge in [-0.05, 0) is 42.5 Å². The third-order valence-electron chi connectivity index (χ3n) is 6.77. The predicted molar refractivity (Wildman–Crippen MR) is 137 cm³/mol. The first-order valence-corrected chi connectivity index (χ1v) is 12.7. The van der Waals surface area contributed by atoms with Crippen LogP contribution < -0.4 is 0 Å². The summed E-state index contributed by atoms with van der Waals surface area (Å²) in [5, 5.41) is 3.17. The molecule has 1 aliphatic rings. The molecule has 0 aliphatic carbocycles. The van der Waals surface area contributed by atoms with E-state index in [0.717, 1.165) is 21.5 Å². The second kappa shape index (κ2) is 9.47. The van der Waals surface area contributed by atoms with E-state index < -0.39 is 0 Å². The van der Waals surface area contributed by atoms with E-state index in [-0.39, 0.29) is 23.9 Å². The van der Waals surface area contributed by atoms with Crippen LogP contribution in [0.1, 0.15) is 41.5 Å². The molecule has 0 spiro atoms. The van der Waals surface area contributed by atoms with Crippen LogP contribution in [-0.4, -0.2) is 51.9 Å². The van der Waals surface area contributed by atoms with Crippen LogP contribution in [-0.2, 0) is 11.2 Å². The minimum atomic E-state index is -0.0232. The molecule has 2 aromatic carbocycles. The number of fused-ring (bicyclic) bond motifs is 1. The molecule has 5 rings (SSSR count). The lowest BCUT2D eigenvalue weighted by molar-refractivity contribution is -0.134. The van der Waals surface area contributed by atoms with Gasteiger partial charge in [-0.1, -0.05) is 60.7 Å². The van der Waals surface area contributed by atoms with Gasteiger partial charge in [0.2, 0.25) is 5.91 Å². The van der Waals surface area contributed by atoms with E-state index in [4.69, 9.17) is 0 Å². The summed E-state index contributed by atoms with van der Waals surface area (Å²) in [6.07, 6.45) is 0.396. The van der Waals surface area contributed by atoms with E-state index in [2.05, 4.69) is 35.1 Å². The van der Waals surface area contributed by atoms with Gasteiger partial charge in [-0.3, -0.25) is 9.59 Å². The van der Waals surface area contributed by atoms with Gasteiger partial charge in [0, 0.05) is 31.1 Å². The summed E-state index contributed by atoms with van der Waals surface area (Å²) in [7, 11) is 0. The zero-order valence-electron chi connectivity index (χ0n) is 19.6. The Morgan fingerprint density at radius 2 is 1.71 bits per heavy atom.